The van der Waals surface area contributed by atoms with E-state index < -0.39 is 0 Å². The van der Waals surface area contributed by atoms with Crippen molar-refractivity contribution in [2.45, 2.75) is 6.92 Å². The molecule has 1 aliphatic heterocycles. The summed E-state index contributed by atoms with van der Waals surface area (Å²) in [6, 6.07) is 14.8. The topological polar surface area (TPSA) is 73.9 Å². The van der Waals surface area contributed by atoms with Crippen molar-refractivity contribution in [1.29, 1.82) is 0 Å². The number of benzene rings is 2. The van der Waals surface area contributed by atoms with E-state index in [0.717, 1.165) is 24.5 Å². The minimum Gasteiger partial charge on any atom is -0.497 e. The number of nitrogens with zero attached hydrogens (tertiary/aromatic N) is 2. The maximum Gasteiger partial charge on any atom is 0.317 e. The lowest BCUT2D eigenvalue weighted by Gasteiger charge is -2.36. The Morgan fingerprint density at radius 1 is 1.04 bits per heavy atom. The number of amides is 3. The Bertz CT molecular complexity index is 815. The van der Waals surface area contributed by atoms with Crippen LogP contribution in [0.25, 0.3) is 0 Å². The van der Waals surface area contributed by atoms with Gasteiger partial charge < -0.3 is 25.2 Å². The van der Waals surface area contributed by atoms with E-state index in [2.05, 4.69) is 15.5 Å². The molecule has 0 spiro atoms. The van der Waals surface area contributed by atoms with E-state index in [0.29, 0.717) is 30.9 Å². The molecular formula is C21H26N4O3. The summed E-state index contributed by atoms with van der Waals surface area (Å²) >= 11 is 0. The molecule has 2 N–H and O–H groups in total. The fourth-order valence-corrected chi connectivity index (χ4v) is 3.15. The second-order valence-electron chi connectivity index (χ2n) is 6.54. The maximum atomic E-state index is 12.4. The molecule has 148 valence electrons. The number of hydrogen-bond donors (Lipinski definition) is 2. The highest BCUT2D eigenvalue weighted by molar-refractivity contribution is 6.04. The monoisotopic (exact) mass is 382 g/mol. The molecule has 1 saturated heterocycles. The van der Waals surface area contributed by atoms with Crippen LogP contribution in [0.5, 0.6) is 5.75 Å². The highest BCUT2D eigenvalue weighted by Gasteiger charge is 2.20. The van der Waals surface area contributed by atoms with Crippen molar-refractivity contribution >= 4 is 23.3 Å². The van der Waals surface area contributed by atoms with Gasteiger partial charge in [0.2, 0.25) is 0 Å². The molecule has 3 amide bonds. The number of ether oxygens (including phenoxy) is 1. The summed E-state index contributed by atoms with van der Waals surface area (Å²) in [5.41, 5.74) is 2.36. The van der Waals surface area contributed by atoms with Crippen LogP contribution in [0.3, 0.4) is 0 Å². The molecule has 0 radical (unpaired) electrons. The molecule has 28 heavy (non-hydrogen) atoms. The van der Waals surface area contributed by atoms with E-state index in [1.54, 1.807) is 31.4 Å². The second kappa shape index (κ2) is 9.12. The normalized spacial score (nSPS) is 13.8. The molecule has 7 heteroatoms. The highest BCUT2D eigenvalue weighted by atomic mass is 16.5. The molecule has 1 aliphatic rings. The Kier molecular flexibility index (Phi) is 6.37. The molecule has 3 rings (SSSR count). The SMILES string of the molecule is CCNC(=O)N1CCN(c2ccc(NC(=O)c3cccc(OC)c3)cc2)CC1. The van der Waals surface area contributed by atoms with Gasteiger partial charge in [-0.2, -0.15) is 0 Å². The van der Waals surface area contributed by atoms with Crippen LogP contribution < -0.4 is 20.3 Å². The quantitative estimate of drug-likeness (QED) is 0.834. The zero-order valence-electron chi connectivity index (χ0n) is 16.3. The second-order valence-corrected chi connectivity index (χ2v) is 6.54. The number of rotatable bonds is 5. The van der Waals surface area contributed by atoms with Crippen LogP contribution in [-0.2, 0) is 0 Å². The van der Waals surface area contributed by atoms with E-state index in [-0.39, 0.29) is 11.9 Å². The van der Waals surface area contributed by atoms with Crippen LogP contribution in [0.1, 0.15) is 17.3 Å². The van der Waals surface area contributed by atoms with Crippen molar-refractivity contribution in [1.82, 2.24) is 10.2 Å². The predicted octanol–water partition coefficient (Wildman–Crippen LogP) is 2.80. The van der Waals surface area contributed by atoms with Crippen molar-refractivity contribution in [2.75, 3.05) is 50.1 Å². The number of methoxy groups -OCH3 is 1. The summed E-state index contributed by atoms with van der Waals surface area (Å²) in [5, 5.41) is 5.74. The lowest BCUT2D eigenvalue weighted by Crippen LogP contribution is -2.51. The zero-order chi connectivity index (χ0) is 19.9. The fourth-order valence-electron chi connectivity index (χ4n) is 3.15. The molecule has 7 nitrogen and oxygen atoms in total. The smallest absolute Gasteiger partial charge is 0.317 e. The Hall–Kier alpha value is -3.22. The van der Waals surface area contributed by atoms with E-state index in [4.69, 9.17) is 4.74 Å². The molecule has 0 atom stereocenters. The fraction of sp³-hybridized carbons (Fsp3) is 0.333. The lowest BCUT2D eigenvalue weighted by molar-refractivity contribution is 0.102. The summed E-state index contributed by atoms with van der Waals surface area (Å²) in [6.07, 6.45) is 0. The largest absolute Gasteiger partial charge is 0.497 e. The number of nitrogens with one attached hydrogen (secondary N) is 2. The third kappa shape index (κ3) is 4.73. The summed E-state index contributed by atoms with van der Waals surface area (Å²) in [6.45, 7) is 5.52. The van der Waals surface area contributed by atoms with Crippen molar-refractivity contribution in [3.63, 3.8) is 0 Å². The zero-order valence-corrected chi connectivity index (χ0v) is 16.3. The molecular weight excluding hydrogens is 356 g/mol. The number of anilines is 2. The van der Waals surface area contributed by atoms with Gasteiger partial charge >= 0.3 is 6.03 Å². The van der Waals surface area contributed by atoms with Gasteiger partial charge in [0.15, 0.2) is 0 Å². The highest BCUT2D eigenvalue weighted by Crippen LogP contribution is 2.21. The molecule has 0 unspecified atom stereocenters. The van der Waals surface area contributed by atoms with E-state index >= 15 is 0 Å². The van der Waals surface area contributed by atoms with Crippen LogP contribution in [0, 0.1) is 0 Å². The van der Waals surface area contributed by atoms with Gasteiger partial charge in [-0.3, -0.25) is 4.79 Å². The molecule has 0 aromatic heterocycles. The lowest BCUT2D eigenvalue weighted by atomic mass is 10.2. The van der Waals surface area contributed by atoms with Crippen LogP contribution in [0.4, 0.5) is 16.2 Å². The van der Waals surface area contributed by atoms with Gasteiger partial charge in [0.05, 0.1) is 7.11 Å². The summed E-state index contributed by atoms with van der Waals surface area (Å²) in [5.74, 6) is 0.469. The van der Waals surface area contributed by atoms with Gasteiger partial charge in [0.1, 0.15) is 5.75 Å². The Balaban J connectivity index is 1.56. The number of hydrogen-bond acceptors (Lipinski definition) is 4. The molecule has 0 aliphatic carbocycles. The van der Waals surface area contributed by atoms with Crippen molar-refractivity contribution in [3.8, 4) is 5.75 Å². The predicted molar refractivity (Wildman–Crippen MR) is 110 cm³/mol. The molecule has 1 heterocycles. The average molecular weight is 382 g/mol. The van der Waals surface area contributed by atoms with Gasteiger partial charge in [0, 0.05) is 49.7 Å². The van der Waals surface area contributed by atoms with Crippen LogP contribution >= 0.6 is 0 Å². The first kappa shape index (κ1) is 19.5. The Morgan fingerprint density at radius 3 is 2.39 bits per heavy atom. The first-order valence-electron chi connectivity index (χ1n) is 9.44. The van der Waals surface area contributed by atoms with Crippen molar-refractivity contribution in [2.24, 2.45) is 0 Å². The summed E-state index contributed by atoms with van der Waals surface area (Å²) in [4.78, 5) is 28.4. The number of carbonyl (C=O) groups excluding carboxylic acids is 2. The minimum absolute atomic E-state index is 0.00208. The van der Waals surface area contributed by atoms with Crippen LogP contribution in [0.15, 0.2) is 48.5 Å². The maximum absolute atomic E-state index is 12.4. The van der Waals surface area contributed by atoms with Crippen LogP contribution in [0.2, 0.25) is 0 Å². The number of carbonyl (C=O) groups is 2. The van der Waals surface area contributed by atoms with Gasteiger partial charge in [-0.25, -0.2) is 4.79 Å². The molecule has 1 fully saturated rings. The molecule has 2 aromatic carbocycles. The molecule has 2 aromatic rings. The summed E-state index contributed by atoms with van der Waals surface area (Å²) in [7, 11) is 1.58. The van der Waals surface area contributed by atoms with Crippen molar-refractivity contribution < 1.29 is 14.3 Å². The average Bonchev–Trinajstić information content (AvgIpc) is 2.74. The Morgan fingerprint density at radius 2 is 1.75 bits per heavy atom. The van der Waals surface area contributed by atoms with Gasteiger partial charge in [-0.05, 0) is 49.4 Å². The minimum atomic E-state index is -0.179. The summed E-state index contributed by atoms with van der Waals surface area (Å²) < 4.78 is 5.16. The molecule has 0 saturated carbocycles. The first-order valence-corrected chi connectivity index (χ1v) is 9.44. The number of piperazine rings is 1. The van der Waals surface area contributed by atoms with Crippen LogP contribution in [-0.4, -0.2) is 56.7 Å². The van der Waals surface area contributed by atoms with E-state index in [9.17, 15) is 9.59 Å². The van der Waals surface area contributed by atoms with Gasteiger partial charge in [0.25, 0.3) is 5.91 Å². The third-order valence-corrected chi connectivity index (χ3v) is 4.72. The third-order valence-electron chi connectivity index (χ3n) is 4.72. The number of urea groups is 1. The first-order chi connectivity index (χ1) is 13.6. The van der Waals surface area contributed by atoms with Gasteiger partial charge in [-0.15, -0.1) is 0 Å². The Labute approximate surface area is 165 Å². The molecule has 0 bridgehead atoms. The van der Waals surface area contributed by atoms with Crippen molar-refractivity contribution in [3.05, 3.63) is 54.1 Å². The standard InChI is InChI=1S/C21H26N4O3/c1-3-22-21(27)25-13-11-24(12-14-25)18-9-7-17(8-10-18)23-20(26)16-5-4-6-19(15-16)28-2/h4-10,15H,3,11-14H2,1-2H3,(H,22,27)(H,23,26). The van der Waals surface area contributed by atoms with Gasteiger partial charge in [-0.1, -0.05) is 6.07 Å². The van der Waals surface area contributed by atoms with E-state index in [1.807, 2.05) is 36.1 Å². The van der Waals surface area contributed by atoms with E-state index in [1.165, 1.54) is 0 Å².